The van der Waals surface area contributed by atoms with Gasteiger partial charge in [0.25, 0.3) is 0 Å². The lowest BCUT2D eigenvalue weighted by molar-refractivity contribution is -0.119. The van der Waals surface area contributed by atoms with Crippen LogP contribution in [0.15, 0.2) is 53.4 Å². The van der Waals surface area contributed by atoms with Crippen molar-refractivity contribution in [3.63, 3.8) is 0 Å². The van der Waals surface area contributed by atoms with Crippen molar-refractivity contribution >= 4 is 15.9 Å². The third-order valence-electron chi connectivity index (χ3n) is 3.44. The fourth-order valence-corrected chi connectivity index (χ4v) is 3.04. The standard InChI is InChI=1S/C17H19FN2O4S/c1-24-15-6-2-13(3-7-15)10-11-19-17(21)12-20-25(22,23)16-8-4-14(18)5-9-16/h2-9,20H,10-12H2,1H3,(H,19,21). The molecule has 25 heavy (non-hydrogen) atoms. The zero-order valence-corrected chi connectivity index (χ0v) is 14.5. The van der Waals surface area contributed by atoms with Crippen molar-refractivity contribution in [1.82, 2.24) is 10.0 Å². The van der Waals surface area contributed by atoms with Crippen LogP contribution in [0.2, 0.25) is 0 Å². The van der Waals surface area contributed by atoms with Crippen molar-refractivity contribution in [3.8, 4) is 5.75 Å². The van der Waals surface area contributed by atoms with Crippen LogP contribution >= 0.6 is 0 Å². The maximum atomic E-state index is 12.8. The van der Waals surface area contributed by atoms with Crippen molar-refractivity contribution in [2.24, 2.45) is 0 Å². The number of hydrogen-bond acceptors (Lipinski definition) is 4. The highest BCUT2D eigenvalue weighted by Crippen LogP contribution is 2.11. The molecule has 6 nitrogen and oxygen atoms in total. The van der Waals surface area contributed by atoms with E-state index in [-0.39, 0.29) is 11.4 Å². The Labute approximate surface area is 146 Å². The van der Waals surface area contributed by atoms with Crippen LogP contribution in [0, 0.1) is 5.82 Å². The van der Waals surface area contributed by atoms with Crippen LogP contribution in [0.25, 0.3) is 0 Å². The smallest absolute Gasteiger partial charge is 0.241 e. The van der Waals surface area contributed by atoms with E-state index in [9.17, 15) is 17.6 Å². The number of halogens is 1. The first kappa shape index (κ1) is 18.9. The van der Waals surface area contributed by atoms with E-state index in [4.69, 9.17) is 4.74 Å². The number of ether oxygens (including phenoxy) is 1. The van der Waals surface area contributed by atoms with Gasteiger partial charge in [0.2, 0.25) is 15.9 Å². The molecule has 2 aromatic rings. The topological polar surface area (TPSA) is 84.5 Å². The summed E-state index contributed by atoms with van der Waals surface area (Å²) in [6, 6.07) is 11.8. The highest BCUT2D eigenvalue weighted by atomic mass is 32.2. The lowest BCUT2D eigenvalue weighted by Crippen LogP contribution is -2.37. The van der Waals surface area contributed by atoms with Gasteiger partial charge in [0.05, 0.1) is 18.6 Å². The molecule has 2 N–H and O–H groups in total. The van der Waals surface area contributed by atoms with Crippen molar-refractivity contribution in [1.29, 1.82) is 0 Å². The summed E-state index contributed by atoms with van der Waals surface area (Å²) >= 11 is 0. The van der Waals surface area contributed by atoms with E-state index in [1.807, 2.05) is 24.3 Å². The Morgan fingerprint density at radius 1 is 1.08 bits per heavy atom. The van der Waals surface area contributed by atoms with Gasteiger partial charge in [-0.05, 0) is 48.4 Å². The summed E-state index contributed by atoms with van der Waals surface area (Å²) in [6.07, 6.45) is 0.612. The molecule has 0 radical (unpaired) electrons. The number of methoxy groups -OCH3 is 1. The van der Waals surface area contributed by atoms with Crippen LogP contribution in [0.3, 0.4) is 0 Å². The molecule has 1 amide bonds. The van der Waals surface area contributed by atoms with Crippen LogP contribution in [0.1, 0.15) is 5.56 Å². The maximum absolute atomic E-state index is 12.8. The summed E-state index contributed by atoms with van der Waals surface area (Å²) in [4.78, 5) is 11.7. The second kappa shape index (κ2) is 8.59. The normalized spacial score (nSPS) is 11.1. The summed E-state index contributed by atoms with van der Waals surface area (Å²) in [5, 5.41) is 2.64. The molecule has 8 heteroatoms. The zero-order valence-electron chi connectivity index (χ0n) is 13.7. The average molecular weight is 366 g/mol. The number of amides is 1. The third-order valence-corrected chi connectivity index (χ3v) is 4.86. The Morgan fingerprint density at radius 3 is 2.32 bits per heavy atom. The molecule has 0 aliphatic carbocycles. The number of carbonyl (C=O) groups excluding carboxylic acids is 1. The molecule has 0 aliphatic rings. The highest BCUT2D eigenvalue weighted by Gasteiger charge is 2.15. The van der Waals surface area contributed by atoms with E-state index in [0.717, 1.165) is 35.6 Å². The molecule has 2 rings (SSSR count). The number of sulfonamides is 1. The second-order valence-electron chi connectivity index (χ2n) is 5.23. The summed E-state index contributed by atoms with van der Waals surface area (Å²) in [6.45, 7) is -0.00817. The van der Waals surface area contributed by atoms with Gasteiger partial charge < -0.3 is 10.1 Å². The summed E-state index contributed by atoms with van der Waals surface area (Å²) in [5.41, 5.74) is 1.02. The minimum atomic E-state index is -3.85. The van der Waals surface area contributed by atoms with Crippen LogP contribution in [0.4, 0.5) is 4.39 Å². The Morgan fingerprint density at radius 2 is 1.72 bits per heavy atom. The molecule has 0 aromatic heterocycles. The van der Waals surface area contributed by atoms with Gasteiger partial charge in [-0.3, -0.25) is 4.79 Å². The first-order chi connectivity index (χ1) is 11.9. The summed E-state index contributed by atoms with van der Waals surface area (Å²) in [7, 11) is -2.26. The van der Waals surface area contributed by atoms with Gasteiger partial charge in [-0.2, -0.15) is 0 Å². The van der Waals surface area contributed by atoms with E-state index in [1.165, 1.54) is 0 Å². The number of hydrogen-bond donors (Lipinski definition) is 2. The Bertz CT molecular complexity index is 806. The maximum Gasteiger partial charge on any atom is 0.241 e. The van der Waals surface area contributed by atoms with Crippen molar-refractivity contribution < 1.29 is 22.3 Å². The second-order valence-corrected chi connectivity index (χ2v) is 6.99. The quantitative estimate of drug-likeness (QED) is 0.741. The largest absolute Gasteiger partial charge is 0.497 e. The van der Waals surface area contributed by atoms with Crippen molar-refractivity contribution in [2.45, 2.75) is 11.3 Å². The molecular weight excluding hydrogens is 347 g/mol. The van der Waals surface area contributed by atoms with Gasteiger partial charge in [-0.1, -0.05) is 12.1 Å². The minimum absolute atomic E-state index is 0.0973. The highest BCUT2D eigenvalue weighted by molar-refractivity contribution is 7.89. The number of rotatable bonds is 8. The van der Waals surface area contributed by atoms with E-state index < -0.39 is 21.7 Å². The molecule has 0 unspecified atom stereocenters. The third kappa shape index (κ3) is 5.84. The van der Waals surface area contributed by atoms with E-state index >= 15 is 0 Å². The Hall–Kier alpha value is -2.45. The fourth-order valence-electron chi connectivity index (χ4n) is 2.06. The first-order valence-corrected chi connectivity index (χ1v) is 9.04. The van der Waals surface area contributed by atoms with Crippen molar-refractivity contribution in [3.05, 3.63) is 59.9 Å². The molecule has 0 saturated carbocycles. The molecule has 0 saturated heterocycles. The zero-order chi connectivity index (χ0) is 18.3. The molecule has 0 atom stereocenters. The van der Waals surface area contributed by atoms with Gasteiger partial charge in [0.15, 0.2) is 0 Å². The number of nitrogens with one attached hydrogen (secondary N) is 2. The van der Waals surface area contributed by atoms with Crippen LogP contribution in [-0.2, 0) is 21.2 Å². The monoisotopic (exact) mass is 366 g/mol. The molecule has 0 fully saturated rings. The molecule has 0 heterocycles. The molecule has 0 bridgehead atoms. The van der Waals surface area contributed by atoms with E-state index in [1.54, 1.807) is 7.11 Å². The molecular formula is C17H19FN2O4S. The fraction of sp³-hybridized carbons (Fsp3) is 0.235. The van der Waals surface area contributed by atoms with Gasteiger partial charge in [-0.15, -0.1) is 0 Å². The Balaban J connectivity index is 1.77. The van der Waals surface area contributed by atoms with Crippen LogP contribution in [0.5, 0.6) is 5.75 Å². The van der Waals surface area contributed by atoms with Gasteiger partial charge in [-0.25, -0.2) is 17.5 Å². The predicted octanol–water partition coefficient (Wildman–Crippen LogP) is 1.47. The summed E-state index contributed by atoms with van der Waals surface area (Å²) < 4.78 is 44.0. The first-order valence-electron chi connectivity index (χ1n) is 7.55. The van der Waals surface area contributed by atoms with Crippen molar-refractivity contribution in [2.75, 3.05) is 20.2 Å². The number of carbonyl (C=O) groups is 1. The number of benzene rings is 2. The molecule has 2 aromatic carbocycles. The van der Waals surface area contributed by atoms with Crippen LogP contribution in [-0.4, -0.2) is 34.5 Å². The molecule has 0 aliphatic heterocycles. The van der Waals surface area contributed by atoms with Gasteiger partial charge >= 0.3 is 0 Å². The lowest BCUT2D eigenvalue weighted by atomic mass is 10.1. The SMILES string of the molecule is COc1ccc(CCNC(=O)CNS(=O)(=O)c2ccc(F)cc2)cc1. The minimum Gasteiger partial charge on any atom is -0.497 e. The van der Waals surface area contributed by atoms with Gasteiger partial charge in [0, 0.05) is 6.54 Å². The predicted molar refractivity (Wildman–Crippen MR) is 91.3 cm³/mol. The molecule has 134 valence electrons. The lowest BCUT2D eigenvalue weighted by Gasteiger charge is -2.08. The van der Waals surface area contributed by atoms with Gasteiger partial charge in [0.1, 0.15) is 11.6 Å². The van der Waals surface area contributed by atoms with E-state index in [2.05, 4.69) is 10.0 Å². The average Bonchev–Trinajstić information content (AvgIpc) is 2.61. The Kier molecular flexibility index (Phi) is 6.49. The summed E-state index contributed by atoms with van der Waals surface area (Å²) in [5.74, 6) is -0.225. The van der Waals surface area contributed by atoms with Crippen LogP contribution < -0.4 is 14.8 Å². The van der Waals surface area contributed by atoms with E-state index in [0.29, 0.717) is 13.0 Å². The molecule has 0 spiro atoms.